The zero-order valence-corrected chi connectivity index (χ0v) is 17.8. The summed E-state index contributed by atoms with van der Waals surface area (Å²) in [5, 5.41) is 10.3. The molecule has 0 saturated carbocycles. The Morgan fingerprint density at radius 3 is 2.62 bits per heavy atom. The third kappa shape index (κ3) is 4.36. The number of aromatic hydroxyl groups is 1. The van der Waals surface area contributed by atoms with Crippen LogP contribution in [0.4, 0.5) is 0 Å². The highest BCUT2D eigenvalue weighted by molar-refractivity contribution is 6.30. The number of aromatic nitrogens is 2. The Kier molecular flexibility index (Phi) is 5.96. The number of benzene rings is 3. The summed E-state index contributed by atoms with van der Waals surface area (Å²) in [6.45, 7) is 0. The molecule has 0 atom stereocenters. The molecule has 1 heterocycles. The van der Waals surface area contributed by atoms with Gasteiger partial charge in [-0.1, -0.05) is 48.0 Å². The lowest BCUT2D eigenvalue weighted by atomic mass is 10.1. The summed E-state index contributed by atoms with van der Waals surface area (Å²) < 4.78 is 6.60. The third-order valence-electron chi connectivity index (χ3n) is 4.94. The molecule has 0 spiro atoms. The van der Waals surface area contributed by atoms with E-state index in [9.17, 15) is 14.7 Å². The van der Waals surface area contributed by atoms with Gasteiger partial charge in [0.05, 0.1) is 18.5 Å². The average molecular weight is 447 g/mol. The van der Waals surface area contributed by atoms with Crippen molar-refractivity contribution in [1.29, 1.82) is 0 Å². The lowest BCUT2D eigenvalue weighted by Crippen LogP contribution is -2.16. The molecular formula is C25H19ClN2O4. The zero-order chi connectivity index (χ0) is 22.7. The normalized spacial score (nSPS) is 11.1. The van der Waals surface area contributed by atoms with E-state index in [1.807, 2.05) is 12.1 Å². The number of allylic oxidation sites excluding steroid dienone is 1. The molecule has 0 bridgehead atoms. The highest BCUT2D eigenvalue weighted by atomic mass is 35.5. The number of hydrogen-bond donors (Lipinski definition) is 2. The number of hydrogen-bond acceptors (Lipinski definition) is 4. The van der Waals surface area contributed by atoms with E-state index in [1.165, 1.54) is 23.8 Å². The van der Waals surface area contributed by atoms with Crippen molar-refractivity contribution in [3.63, 3.8) is 0 Å². The summed E-state index contributed by atoms with van der Waals surface area (Å²) in [7, 11) is 1.46. The van der Waals surface area contributed by atoms with Crippen LogP contribution in [-0.2, 0) is 0 Å². The summed E-state index contributed by atoms with van der Waals surface area (Å²) in [6.07, 6.45) is 4.70. The SMILES string of the molecule is COc1cc(C=CC(=O)c2cccc(-n3c(-c4ccc(Cl)cc4)c[nH]c3=O)c2)ccc1O. The van der Waals surface area contributed by atoms with E-state index in [1.54, 1.807) is 60.8 Å². The zero-order valence-electron chi connectivity index (χ0n) is 17.1. The minimum Gasteiger partial charge on any atom is -0.504 e. The fourth-order valence-electron chi connectivity index (χ4n) is 3.32. The lowest BCUT2D eigenvalue weighted by molar-refractivity contribution is 0.104. The highest BCUT2D eigenvalue weighted by Crippen LogP contribution is 2.27. The number of nitrogens with one attached hydrogen (secondary N) is 1. The summed E-state index contributed by atoms with van der Waals surface area (Å²) in [5.74, 6) is 0.121. The number of ether oxygens (including phenoxy) is 1. The van der Waals surface area contributed by atoms with Crippen LogP contribution in [0.3, 0.4) is 0 Å². The van der Waals surface area contributed by atoms with Crippen molar-refractivity contribution in [1.82, 2.24) is 9.55 Å². The molecule has 0 aliphatic rings. The molecule has 7 heteroatoms. The Morgan fingerprint density at radius 1 is 1.09 bits per heavy atom. The Balaban J connectivity index is 1.65. The molecule has 4 rings (SSSR count). The first-order valence-corrected chi connectivity index (χ1v) is 10.1. The molecule has 0 aliphatic heterocycles. The molecule has 0 radical (unpaired) electrons. The summed E-state index contributed by atoms with van der Waals surface area (Å²) in [6, 6.07) is 18.8. The summed E-state index contributed by atoms with van der Waals surface area (Å²) in [5.41, 5.74) is 2.85. The van der Waals surface area contributed by atoms with Crippen LogP contribution < -0.4 is 10.4 Å². The lowest BCUT2D eigenvalue weighted by Gasteiger charge is -2.09. The fourth-order valence-corrected chi connectivity index (χ4v) is 3.45. The van der Waals surface area contributed by atoms with Crippen LogP contribution in [0.25, 0.3) is 23.0 Å². The predicted octanol–water partition coefficient (Wildman–Crippen LogP) is 5.10. The first-order valence-electron chi connectivity index (χ1n) is 9.72. The number of aromatic amines is 1. The molecule has 3 aromatic carbocycles. The van der Waals surface area contributed by atoms with Gasteiger partial charge in [-0.05, 0) is 48.0 Å². The second-order valence-corrected chi connectivity index (χ2v) is 7.44. The number of phenols is 1. The molecular weight excluding hydrogens is 428 g/mol. The van der Waals surface area contributed by atoms with E-state index in [0.717, 1.165) is 5.56 Å². The van der Waals surface area contributed by atoms with Crippen molar-refractivity contribution in [2.45, 2.75) is 0 Å². The van der Waals surface area contributed by atoms with Crippen LogP contribution in [-0.4, -0.2) is 27.6 Å². The number of phenolic OH excluding ortho intramolecular Hbond substituents is 1. The number of halogens is 1. The molecule has 6 nitrogen and oxygen atoms in total. The molecule has 0 saturated heterocycles. The fraction of sp³-hybridized carbons (Fsp3) is 0.0400. The van der Waals surface area contributed by atoms with E-state index in [2.05, 4.69) is 4.98 Å². The highest BCUT2D eigenvalue weighted by Gasteiger charge is 2.12. The Morgan fingerprint density at radius 2 is 1.88 bits per heavy atom. The molecule has 0 fully saturated rings. The van der Waals surface area contributed by atoms with Crippen molar-refractivity contribution in [3.05, 3.63) is 106 Å². The van der Waals surface area contributed by atoms with Gasteiger partial charge in [-0.25, -0.2) is 4.79 Å². The number of ketones is 1. The van der Waals surface area contributed by atoms with Crippen molar-refractivity contribution in [3.8, 4) is 28.4 Å². The maximum atomic E-state index is 12.8. The standard InChI is InChI=1S/C25H19ClN2O4/c1-32-24-13-16(6-12-23(24)30)5-11-22(29)18-3-2-4-20(14-18)28-21(15-27-25(28)31)17-7-9-19(26)10-8-17/h2-15,30H,1H3,(H,27,31). The maximum absolute atomic E-state index is 12.8. The number of methoxy groups -OCH3 is 1. The molecule has 4 aromatic rings. The van der Waals surface area contributed by atoms with E-state index in [0.29, 0.717) is 33.3 Å². The third-order valence-corrected chi connectivity index (χ3v) is 5.19. The number of carbonyl (C=O) groups excluding carboxylic acids is 1. The topological polar surface area (TPSA) is 84.3 Å². The minimum atomic E-state index is -0.314. The largest absolute Gasteiger partial charge is 0.504 e. The number of carbonyl (C=O) groups is 1. The Hall–Kier alpha value is -4.03. The minimum absolute atomic E-state index is 0.0251. The second kappa shape index (κ2) is 8.99. The van der Waals surface area contributed by atoms with Gasteiger partial charge in [0.2, 0.25) is 0 Å². The second-order valence-electron chi connectivity index (χ2n) is 7.00. The summed E-state index contributed by atoms with van der Waals surface area (Å²) in [4.78, 5) is 28.0. The Bertz CT molecular complexity index is 1370. The van der Waals surface area contributed by atoms with Crippen LogP contribution >= 0.6 is 11.6 Å². The quantitative estimate of drug-likeness (QED) is 0.319. The van der Waals surface area contributed by atoms with Gasteiger partial charge in [-0.3, -0.25) is 9.36 Å². The van der Waals surface area contributed by atoms with E-state index >= 15 is 0 Å². The number of imidazole rings is 1. The number of rotatable bonds is 6. The van der Waals surface area contributed by atoms with Crippen LogP contribution in [0.1, 0.15) is 15.9 Å². The van der Waals surface area contributed by atoms with Gasteiger partial charge < -0.3 is 14.8 Å². The van der Waals surface area contributed by atoms with Gasteiger partial charge in [0.25, 0.3) is 0 Å². The van der Waals surface area contributed by atoms with Gasteiger partial charge in [-0.2, -0.15) is 0 Å². The molecule has 0 unspecified atom stereocenters. The molecule has 2 N–H and O–H groups in total. The number of nitrogens with zero attached hydrogens (tertiary/aromatic N) is 1. The van der Waals surface area contributed by atoms with E-state index in [4.69, 9.17) is 16.3 Å². The van der Waals surface area contributed by atoms with Crippen LogP contribution in [0.2, 0.25) is 5.02 Å². The molecule has 160 valence electrons. The summed E-state index contributed by atoms with van der Waals surface area (Å²) >= 11 is 5.98. The van der Waals surface area contributed by atoms with E-state index < -0.39 is 0 Å². The van der Waals surface area contributed by atoms with Gasteiger partial charge in [0.15, 0.2) is 17.3 Å². The van der Waals surface area contributed by atoms with Crippen molar-refractivity contribution >= 4 is 23.5 Å². The molecule has 0 amide bonds. The van der Waals surface area contributed by atoms with Crippen LogP contribution in [0.5, 0.6) is 11.5 Å². The van der Waals surface area contributed by atoms with Crippen molar-refractivity contribution in [2.75, 3.05) is 7.11 Å². The van der Waals surface area contributed by atoms with Crippen molar-refractivity contribution in [2.24, 2.45) is 0 Å². The molecule has 1 aromatic heterocycles. The monoisotopic (exact) mass is 446 g/mol. The first-order chi connectivity index (χ1) is 15.5. The van der Waals surface area contributed by atoms with Crippen LogP contribution in [0.15, 0.2) is 83.8 Å². The smallest absolute Gasteiger partial charge is 0.330 e. The Labute approximate surface area is 189 Å². The predicted molar refractivity (Wildman–Crippen MR) is 125 cm³/mol. The van der Waals surface area contributed by atoms with Gasteiger partial charge in [0.1, 0.15) is 0 Å². The van der Waals surface area contributed by atoms with Gasteiger partial charge in [0, 0.05) is 22.3 Å². The average Bonchev–Trinajstić information content (AvgIpc) is 3.20. The van der Waals surface area contributed by atoms with Gasteiger partial charge in [-0.15, -0.1) is 0 Å². The number of H-pyrrole nitrogens is 1. The maximum Gasteiger partial charge on any atom is 0.330 e. The first kappa shape index (κ1) is 21.2. The molecule has 0 aliphatic carbocycles. The van der Waals surface area contributed by atoms with E-state index in [-0.39, 0.29) is 17.2 Å². The van der Waals surface area contributed by atoms with Crippen LogP contribution in [0, 0.1) is 0 Å². The van der Waals surface area contributed by atoms with Crippen molar-refractivity contribution < 1.29 is 14.6 Å². The van der Waals surface area contributed by atoms with Gasteiger partial charge >= 0.3 is 5.69 Å². The molecule has 32 heavy (non-hydrogen) atoms.